The third-order valence-corrected chi connectivity index (χ3v) is 5.52. The average molecular weight is 494 g/mol. The van der Waals surface area contributed by atoms with Crippen LogP contribution in [-0.2, 0) is 4.79 Å². The zero-order valence-electron chi connectivity index (χ0n) is 18.0. The third kappa shape index (κ3) is 6.31. The molecular weight excluding hydrogens is 469 g/mol. The topological polar surface area (TPSA) is 85.5 Å². The van der Waals surface area contributed by atoms with Gasteiger partial charge < -0.3 is 24.7 Å². The zero-order chi connectivity index (χ0) is 21.8. The van der Waals surface area contributed by atoms with Crippen molar-refractivity contribution in [2.75, 3.05) is 0 Å². The summed E-state index contributed by atoms with van der Waals surface area (Å²) in [6.07, 6.45) is 0.760. The maximum absolute atomic E-state index is 10.6. The predicted octanol–water partition coefficient (Wildman–Crippen LogP) is 0.921. The molecule has 0 radical (unpaired) electrons. The van der Waals surface area contributed by atoms with Gasteiger partial charge in [0.15, 0.2) is 0 Å². The molecule has 1 heterocycles. The second-order valence-corrected chi connectivity index (χ2v) is 8.56. The number of fused-ring (bicyclic) bond motifs is 1. The molecule has 0 fully saturated rings. The van der Waals surface area contributed by atoms with Crippen LogP contribution in [0.25, 0.3) is 28.1 Å². The van der Waals surface area contributed by atoms with Gasteiger partial charge in [0.1, 0.15) is 0 Å². The van der Waals surface area contributed by atoms with Gasteiger partial charge in [-0.25, -0.2) is 0 Å². The first-order valence-corrected chi connectivity index (χ1v) is 10.7. The van der Waals surface area contributed by atoms with Gasteiger partial charge in [-0.15, -0.1) is 0 Å². The maximum atomic E-state index is 10.6. The van der Waals surface area contributed by atoms with Crippen LogP contribution in [0.5, 0.6) is 0 Å². The number of rotatable bonds is 8. The Hall–Kier alpha value is -1.41. The first kappa shape index (κ1) is 25.8. The number of aliphatic carboxylic acids is 1. The van der Waals surface area contributed by atoms with E-state index in [1.54, 1.807) is 6.08 Å². The van der Waals surface area contributed by atoms with E-state index < -0.39 is 24.6 Å². The van der Waals surface area contributed by atoms with Gasteiger partial charge >= 0.3 is 29.6 Å². The Morgan fingerprint density at radius 3 is 2.39 bits per heavy atom. The van der Waals surface area contributed by atoms with Crippen molar-refractivity contribution in [1.82, 2.24) is 4.57 Å². The zero-order valence-corrected chi connectivity index (χ0v) is 21.5. The first-order valence-electron chi connectivity index (χ1n) is 9.91. The second kappa shape index (κ2) is 11.5. The molecule has 2 N–H and O–H groups in total. The van der Waals surface area contributed by atoms with Gasteiger partial charge in [0.05, 0.1) is 12.2 Å². The molecule has 0 aliphatic heterocycles. The van der Waals surface area contributed by atoms with Crippen molar-refractivity contribution >= 4 is 38.9 Å². The fourth-order valence-corrected chi connectivity index (χ4v) is 4.02. The van der Waals surface area contributed by atoms with Crippen molar-refractivity contribution in [3.8, 4) is 11.1 Å². The number of aliphatic hydroxyl groups excluding tert-OH is 2. The molecule has 7 heteroatoms. The van der Waals surface area contributed by atoms with E-state index in [0.29, 0.717) is 0 Å². The SMILES string of the molecule is CC(C)n1c(/C=C/[C@H](O)C[C@H](O)CC(=O)[O-])c(-c2ccc(Br)cc2)c2ccccc21.[Na+]. The predicted molar refractivity (Wildman–Crippen MR) is 121 cm³/mol. The summed E-state index contributed by atoms with van der Waals surface area (Å²) in [5.41, 5.74) is 4.16. The van der Waals surface area contributed by atoms with Crippen molar-refractivity contribution in [2.24, 2.45) is 0 Å². The molecule has 2 aromatic carbocycles. The normalized spacial score (nSPS) is 13.5. The van der Waals surface area contributed by atoms with Crippen molar-refractivity contribution in [1.29, 1.82) is 0 Å². The van der Waals surface area contributed by atoms with Gasteiger partial charge in [0.25, 0.3) is 0 Å². The van der Waals surface area contributed by atoms with Crippen LogP contribution in [0.3, 0.4) is 0 Å². The number of carbonyl (C=O) groups is 1. The van der Waals surface area contributed by atoms with E-state index in [1.165, 1.54) is 0 Å². The van der Waals surface area contributed by atoms with Crippen LogP contribution in [0.1, 0.15) is 38.4 Å². The van der Waals surface area contributed by atoms with E-state index in [0.717, 1.165) is 32.2 Å². The largest absolute Gasteiger partial charge is 1.00 e. The molecule has 3 rings (SSSR count). The van der Waals surface area contributed by atoms with E-state index in [-0.39, 0.29) is 42.0 Å². The number of halogens is 1. The number of benzene rings is 2. The molecule has 5 nitrogen and oxygen atoms in total. The Labute approximate surface area is 212 Å². The number of carboxylic acid groups (broad SMARTS) is 1. The Morgan fingerprint density at radius 2 is 1.77 bits per heavy atom. The quantitative estimate of drug-likeness (QED) is 0.457. The van der Waals surface area contributed by atoms with Crippen LogP contribution < -0.4 is 34.7 Å². The van der Waals surface area contributed by atoms with Crippen molar-refractivity contribution < 1.29 is 49.7 Å². The molecule has 0 saturated heterocycles. The van der Waals surface area contributed by atoms with Crippen LogP contribution in [0, 0.1) is 0 Å². The number of para-hydroxylation sites is 1. The summed E-state index contributed by atoms with van der Waals surface area (Å²) in [7, 11) is 0. The number of carboxylic acids is 1. The Morgan fingerprint density at radius 1 is 1.13 bits per heavy atom. The van der Waals surface area contributed by atoms with E-state index in [1.807, 2.05) is 42.5 Å². The van der Waals surface area contributed by atoms with E-state index >= 15 is 0 Å². The molecule has 0 amide bonds. The molecular formula is C24H25BrNNaO4. The van der Waals surface area contributed by atoms with Crippen LogP contribution in [0.4, 0.5) is 0 Å². The summed E-state index contributed by atoms with van der Waals surface area (Å²) in [5.74, 6) is -1.34. The minimum atomic E-state index is -1.34. The number of carbonyl (C=O) groups excluding carboxylic acids is 1. The molecule has 2 atom stereocenters. The molecule has 0 spiro atoms. The summed E-state index contributed by atoms with van der Waals surface area (Å²) in [4.78, 5) is 10.6. The molecule has 0 saturated carbocycles. The Balaban J connectivity index is 0.00000341. The standard InChI is InChI=1S/C24H26BrNO4.Na/c1-15(2)26-21-6-4-3-5-20(21)24(16-7-9-17(25)10-8-16)22(26)12-11-18(27)13-19(28)14-23(29)30;/h3-12,15,18-19,27-28H,13-14H2,1-2H3,(H,29,30);/q;+1/p-1/b12-11+;/t18-,19-;/m0./s1. The third-order valence-electron chi connectivity index (χ3n) is 4.99. The fourth-order valence-electron chi connectivity index (χ4n) is 3.76. The monoisotopic (exact) mass is 493 g/mol. The van der Waals surface area contributed by atoms with Gasteiger partial charge in [0.2, 0.25) is 0 Å². The van der Waals surface area contributed by atoms with Crippen molar-refractivity contribution in [2.45, 2.75) is 44.9 Å². The average Bonchev–Trinajstić information content (AvgIpc) is 3.00. The van der Waals surface area contributed by atoms with Gasteiger partial charge in [-0.05, 0) is 43.7 Å². The van der Waals surface area contributed by atoms with Crippen LogP contribution in [0.15, 0.2) is 59.1 Å². The molecule has 0 bridgehead atoms. The molecule has 0 aliphatic rings. The minimum Gasteiger partial charge on any atom is -0.550 e. The molecule has 0 aliphatic carbocycles. The summed E-state index contributed by atoms with van der Waals surface area (Å²) in [5, 5.41) is 31.8. The second-order valence-electron chi connectivity index (χ2n) is 7.64. The summed E-state index contributed by atoms with van der Waals surface area (Å²) in [6.45, 7) is 4.21. The summed E-state index contributed by atoms with van der Waals surface area (Å²) >= 11 is 3.48. The molecule has 3 aromatic rings. The van der Waals surface area contributed by atoms with Crippen molar-refractivity contribution in [3.63, 3.8) is 0 Å². The fraction of sp³-hybridized carbons (Fsp3) is 0.292. The van der Waals surface area contributed by atoms with Gasteiger partial charge in [-0.3, -0.25) is 0 Å². The van der Waals surface area contributed by atoms with Crippen molar-refractivity contribution in [3.05, 3.63) is 64.8 Å². The Bertz CT molecular complexity index is 1060. The van der Waals surface area contributed by atoms with E-state index in [4.69, 9.17) is 0 Å². The van der Waals surface area contributed by atoms with E-state index in [2.05, 4.69) is 46.5 Å². The Kier molecular flexibility index (Phi) is 9.55. The van der Waals surface area contributed by atoms with Gasteiger partial charge in [0, 0.05) is 51.5 Å². The number of aliphatic hydroxyl groups is 2. The van der Waals surface area contributed by atoms with E-state index in [9.17, 15) is 20.1 Å². The summed E-state index contributed by atoms with van der Waals surface area (Å²) in [6, 6.07) is 16.4. The number of hydrogen-bond acceptors (Lipinski definition) is 4. The van der Waals surface area contributed by atoms with Crippen LogP contribution in [0.2, 0.25) is 0 Å². The summed E-state index contributed by atoms with van der Waals surface area (Å²) < 4.78 is 3.21. The molecule has 0 unspecified atom stereocenters. The van der Waals surface area contributed by atoms with Gasteiger partial charge in [-0.1, -0.05) is 52.3 Å². The molecule has 158 valence electrons. The molecule has 31 heavy (non-hydrogen) atoms. The maximum Gasteiger partial charge on any atom is 1.00 e. The number of aromatic nitrogens is 1. The number of hydrogen-bond donors (Lipinski definition) is 2. The first-order chi connectivity index (χ1) is 14.3. The van der Waals surface area contributed by atoms with Crippen LogP contribution >= 0.6 is 15.9 Å². The number of nitrogens with zero attached hydrogens (tertiary/aromatic N) is 1. The molecule has 1 aromatic heterocycles. The smallest absolute Gasteiger partial charge is 0.550 e. The minimum absolute atomic E-state index is 0. The van der Waals surface area contributed by atoms with Gasteiger partial charge in [-0.2, -0.15) is 0 Å². The van der Waals surface area contributed by atoms with Crippen LogP contribution in [-0.4, -0.2) is 33.0 Å².